The third-order valence-electron chi connectivity index (χ3n) is 2.75. The topological polar surface area (TPSA) is 72.5 Å². The monoisotopic (exact) mass is 365 g/mol. The van der Waals surface area contributed by atoms with Crippen molar-refractivity contribution in [1.29, 1.82) is 0 Å². The number of carbonyl (C=O) groups is 1. The Kier molecular flexibility index (Phi) is 7.73. The molecule has 3 N–H and O–H groups in total. The van der Waals surface area contributed by atoms with E-state index in [0.717, 1.165) is 15.6 Å². The number of rotatable bonds is 5. The van der Waals surface area contributed by atoms with E-state index in [4.69, 9.17) is 10.5 Å². The zero-order valence-electron chi connectivity index (χ0n) is 11.9. The Balaban J connectivity index is 0.00000361. The molecule has 0 aromatic heterocycles. The second-order valence-corrected chi connectivity index (χ2v) is 5.86. The lowest BCUT2D eigenvalue weighted by Gasteiger charge is -2.21. The molecule has 1 rings (SSSR count). The van der Waals surface area contributed by atoms with Crippen LogP contribution in [-0.2, 0) is 15.1 Å². The Morgan fingerprint density at radius 1 is 1.45 bits per heavy atom. The van der Waals surface area contributed by atoms with E-state index in [0.29, 0.717) is 6.61 Å². The van der Waals surface area contributed by atoms with Crippen LogP contribution in [-0.4, -0.2) is 17.7 Å². The third kappa shape index (κ3) is 5.79. The van der Waals surface area contributed by atoms with Gasteiger partial charge in [-0.05, 0) is 44.0 Å². The van der Waals surface area contributed by atoms with Gasteiger partial charge < -0.3 is 15.6 Å². The summed E-state index contributed by atoms with van der Waals surface area (Å²) in [5.41, 5.74) is 6.59. The fourth-order valence-corrected chi connectivity index (χ4v) is 2.21. The molecule has 0 unspecified atom stereocenters. The van der Waals surface area contributed by atoms with Crippen LogP contribution >= 0.6 is 28.3 Å². The minimum absolute atomic E-state index is 0. The fourth-order valence-electron chi connectivity index (χ4n) is 1.70. The first-order valence-corrected chi connectivity index (χ1v) is 6.98. The quantitative estimate of drug-likeness (QED) is 0.786. The van der Waals surface area contributed by atoms with Crippen molar-refractivity contribution in [3.05, 3.63) is 33.8 Å². The lowest BCUT2D eigenvalue weighted by atomic mass is 9.94. The van der Waals surface area contributed by atoms with E-state index in [1.54, 1.807) is 20.8 Å². The summed E-state index contributed by atoms with van der Waals surface area (Å²) in [4.78, 5) is 11.4. The molecule has 0 aliphatic heterocycles. The van der Waals surface area contributed by atoms with Gasteiger partial charge in [0.2, 0.25) is 0 Å². The molecular formula is C14H21BrClNO3. The second-order valence-electron chi connectivity index (χ2n) is 4.95. The van der Waals surface area contributed by atoms with E-state index in [-0.39, 0.29) is 24.8 Å². The standard InChI is InChI=1S/C14H20BrNO3.ClH/c1-4-19-13(17)8-12(16)9-5-10(14(2,3)18)7-11(15)6-9;/h5-7,12,18H,4,8,16H2,1-3H3;1H/t12-;/m0./s1. The summed E-state index contributed by atoms with van der Waals surface area (Å²) in [6.45, 7) is 5.51. The molecule has 0 heterocycles. The summed E-state index contributed by atoms with van der Waals surface area (Å²) in [6.07, 6.45) is 0.121. The molecule has 0 spiro atoms. The van der Waals surface area contributed by atoms with Crippen molar-refractivity contribution in [2.45, 2.75) is 38.8 Å². The van der Waals surface area contributed by atoms with Crippen molar-refractivity contribution in [1.82, 2.24) is 0 Å². The molecular weight excluding hydrogens is 346 g/mol. The van der Waals surface area contributed by atoms with Crippen LogP contribution in [0, 0.1) is 0 Å². The number of halogens is 2. The van der Waals surface area contributed by atoms with Crippen LogP contribution in [0.15, 0.2) is 22.7 Å². The molecule has 4 nitrogen and oxygen atoms in total. The molecule has 0 saturated carbocycles. The van der Waals surface area contributed by atoms with Crippen LogP contribution in [0.3, 0.4) is 0 Å². The van der Waals surface area contributed by atoms with Crippen LogP contribution in [0.4, 0.5) is 0 Å². The van der Waals surface area contributed by atoms with Crippen molar-refractivity contribution < 1.29 is 14.6 Å². The number of carbonyl (C=O) groups excluding carboxylic acids is 1. The molecule has 1 aromatic carbocycles. The Morgan fingerprint density at radius 2 is 2.05 bits per heavy atom. The average Bonchev–Trinajstić information content (AvgIpc) is 2.27. The van der Waals surface area contributed by atoms with Crippen molar-refractivity contribution >= 4 is 34.3 Å². The maximum absolute atomic E-state index is 11.4. The number of hydrogen-bond acceptors (Lipinski definition) is 4. The second kappa shape index (κ2) is 7.98. The molecule has 0 bridgehead atoms. The maximum atomic E-state index is 11.4. The lowest BCUT2D eigenvalue weighted by molar-refractivity contribution is -0.143. The van der Waals surface area contributed by atoms with E-state index in [2.05, 4.69) is 15.9 Å². The molecule has 0 amide bonds. The number of aliphatic hydroxyl groups is 1. The van der Waals surface area contributed by atoms with Crippen LogP contribution in [0.25, 0.3) is 0 Å². The first-order valence-electron chi connectivity index (χ1n) is 6.18. The minimum atomic E-state index is -0.956. The molecule has 20 heavy (non-hydrogen) atoms. The van der Waals surface area contributed by atoms with Gasteiger partial charge in [-0.15, -0.1) is 12.4 Å². The van der Waals surface area contributed by atoms with Gasteiger partial charge in [-0.3, -0.25) is 4.79 Å². The third-order valence-corrected chi connectivity index (χ3v) is 3.20. The Morgan fingerprint density at radius 3 is 2.55 bits per heavy atom. The summed E-state index contributed by atoms with van der Waals surface area (Å²) in [7, 11) is 0. The van der Waals surface area contributed by atoms with Crippen molar-refractivity contribution in [3.8, 4) is 0 Å². The molecule has 114 valence electrons. The average molecular weight is 367 g/mol. The van der Waals surface area contributed by atoms with E-state index < -0.39 is 11.6 Å². The van der Waals surface area contributed by atoms with Crippen molar-refractivity contribution in [3.63, 3.8) is 0 Å². The van der Waals surface area contributed by atoms with Gasteiger partial charge in [-0.2, -0.15) is 0 Å². The molecule has 0 saturated heterocycles. The highest BCUT2D eigenvalue weighted by atomic mass is 79.9. The molecule has 0 aliphatic rings. The van der Waals surface area contributed by atoms with Crippen molar-refractivity contribution in [2.75, 3.05) is 6.61 Å². The van der Waals surface area contributed by atoms with E-state index in [1.165, 1.54) is 0 Å². The van der Waals surface area contributed by atoms with E-state index >= 15 is 0 Å². The maximum Gasteiger partial charge on any atom is 0.307 e. The number of benzene rings is 1. The van der Waals surface area contributed by atoms with Crippen molar-refractivity contribution in [2.24, 2.45) is 5.73 Å². The zero-order chi connectivity index (χ0) is 14.6. The predicted molar refractivity (Wildman–Crippen MR) is 84.8 cm³/mol. The summed E-state index contributed by atoms with van der Waals surface area (Å²) in [6, 6.07) is 5.05. The SMILES string of the molecule is CCOC(=O)C[C@H](N)c1cc(Br)cc(C(C)(C)O)c1.Cl. The Hall–Kier alpha value is -0.620. The smallest absolute Gasteiger partial charge is 0.307 e. The summed E-state index contributed by atoms with van der Waals surface area (Å²) in [5, 5.41) is 10.0. The molecule has 0 radical (unpaired) electrons. The summed E-state index contributed by atoms with van der Waals surface area (Å²) >= 11 is 3.39. The number of esters is 1. The highest BCUT2D eigenvalue weighted by molar-refractivity contribution is 9.10. The molecule has 1 aromatic rings. The van der Waals surface area contributed by atoms with E-state index in [9.17, 15) is 9.90 Å². The van der Waals surface area contributed by atoms with Gasteiger partial charge in [0.05, 0.1) is 18.6 Å². The Labute approximate surface area is 134 Å². The van der Waals surface area contributed by atoms with Gasteiger partial charge in [0, 0.05) is 10.5 Å². The van der Waals surface area contributed by atoms with Gasteiger partial charge in [-0.1, -0.05) is 22.0 Å². The first-order chi connectivity index (χ1) is 8.74. The van der Waals surface area contributed by atoms with Crippen LogP contribution in [0.5, 0.6) is 0 Å². The van der Waals surface area contributed by atoms with Gasteiger partial charge in [0.25, 0.3) is 0 Å². The number of nitrogens with two attached hydrogens (primary N) is 1. The summed E-state index contributed by atoms with van der Waals surface area (Å²) < 4.78 is 5.70. The number of ether oxygens (including phenoxy) is 1. The largest absolute Gasteiger partial charge is 0.466 e. The lowest BCUT2D eigenvalue weighted by Crippen LogP contribution is -2.20. The highest BCUT2D eigenvalue weighted by Crippen LogP contribution is 2.28. The van der Waals surface area contributed by atoms with Gasteiger partial charge in [0.1, 0.15) is 0 Å². The van der Waals surface area contributed by atoms with Gasteiger partial charge >= 0.3 is 5.97 Å². The van der Waals surface area contributed by atoms with Crippen LogP contribution in [0.1, 0.15) is 44.4 Å². The highest BCUT2D eigenvalue weighted by Gasteiger charge is 2.20. The van der Waals surface area contributed by atoms with E-state index in [1.807, 2.05) is 18.2 Å². The molecule has 0 fully saturated rings. The normalized spacial score (nSPS) is 12.5. The predicted octanol–water partition coefficient (Wildman–Crippen LogP) is 3.05. The van der Waals surface area contributed by atoms with Gasteiger partial charge in [-0.25, -0.2) is 0 Å². The number of hydrogen-bond donors (Lipinski definition) is 2. The first kappa shape index (κ1) is 19.4. The minimum Gasteiger partial charge on any atom is -0.466 e. The fraction of sp³-hybridized carbons (Fsp3) is 0.500. The molecule has 6 heteroatoms. The Bertz CT molecular complexity index is 460. The van der Waals surface area contributed by atoms with Crippen LogP contribution < -0.4 is 5.73 Å². The van der Waals surface area contributed by atoms with Crippen LogP contribution in [0.2, 0.25) is 0 Å². The van der Waals surface area contributed by atoms with Gasteiger partial charge in [0.15, 0.2) is 0 Å². The molecule has 0 aliphatic carbocycles. The zero-order valence-corrected chi connectivity index (χ0v) is 14.3. The molecule has 1 atom stereocenters. The summed E-state index contributed by atoms with van der Waals surface area (Å²) in [5.74, 6) is -0.320.